The van der Waals surface area contributed by atoms with Crippen molar-refractivity contribution >= 4 is 17.6 Å². The number of hydrogen-bond donors (Lipinski definition) is 2. The maximum Gasteiger partial charge on any atom is 0.416 e. The average Bonchev–Trinajstić information content (AvgIpc) is 3.10. The Bertz CT molecular complexity index is 1290. The quantitative estimate of drug-likeness (QED) is 0.346. The van der Waals surface area contributed by atoms with Crippen LogP contribution in [0.3, 0.4) is 0 Å². The first-order chi connectivity index (χ1) is 15.5. The van der Waals surface area contributed by atoms with Crippen LogP contribution in [-0.4, -0.2) is 34.5 Å². The van der Waals surface area contributed by atoms with Gasteiger partial charge in [0.25, 0.3) is 11.5 Å². The molecule has 2 aromatic carbocycles. The molecule has 0 saturated carbocycles. The number of nitrogens with one attached hydrogen (secondary N) is 2. The van der Waals surface area contributed by atoms with Crippen molar-refractivity contribution in [1.29, 1.82) is 0 Å². The Balaban J connectivity index is 1.84. The first kappa shape index (κ1) is 23.5. The number of halogens is 3. The molecule has 0 spiro atoms. The summed E-state index contributed by atoms with van der Waals surface area (Å²) in [5, 5.41) is 6.67. The number of H-pyrrole nitrogens is 1. The predicted octanol–water partition coefficient (Wildman–Crippen LogP) is 3.43. The lowest BCUT2D eigenvalue weighted by Crippen LogP contribution is -2.23. The van der Waals surface area contributed by atoms with Gasteiger partial charge in [0.2, 0.25) is 0 Å². The standard InChI is InChI=1S/C22H19F3N4O4/c1-12(26-27-19(30)14-7-9-15(10-8-14)21(32)33-3)18-13(2)28-29(20(18)31)17-6-4-5-16(11-17)22(23,24)25/h4-11,28H,1-3H3,(H,27,30). The van der Waals surface area contributed by atoms with Gasteiger partial charge in [-0.3, -0.25) is 14.7 Å². The molecule has 0 saturated heterocycles. The summed E-state index contributed by atoms with van der Waals surface area (Å²) in [5.41, 5.74) is 1.91. The van der Waals surface area contributed by atoms with E-state index in [2.05, 4.69) is 20.4 Å². The second kappa shape index (κ2) is 9.15. The highest BCUT2D eigenvalue weighted by molar-refractivity contribution is 6.01. The molecular formula is C22H19F3N4O4. The van der Waals surface area contributed by atoms with Crippen molar-refractivity contribution in [2.45, 2.75) is 20.0 Å². The molecule has 3 aromatic rings. The van der Waals surface area contributed by atoms with Crippen LogP contribution in [0.25, 0.3) is 5.69 Å². The molecule has 33 heavy (non-hydrogen) atoms. The van der Waals surface area contributed by atoms with Gasteiger partial charge in [0.15, 0.2) is 0 Å². The van der Waals surface area contributed by atoms with Crippen molar-refractivity contribution in [3.63, 3.8) is 0 Å². The minimum absolute atomic E-state index is 0.00621. The molecule has 2 N–H and O–H groups in total. The van der Waals surface area contributed by atoms with E-state index >= 15 is 0 Å². The zero-order valence-electron chi connectivity index (χ0n) is 17.8. The Morgan fingerprint density at radius 1 is 1.09 bits per heavy atom. The van der Waals surface area contributed by atoms with E-state index in [9.17, 15) is 27.6 Å². The monoisotopic (exact) mass is 460 g/mol. The number of hydrazone groups is 1. The van der Waals surface area contributed by atoms with Gasteiger partial charge in [0.1, 0.15) is 0 Å². The van der Waals surface area contributed by atoms with Crippen LogP contribution in [0.4, 0.5) is 13.2 Å². The van der Waals surface area contributed by atoms with E-state index in [4.69, 9.17) is 0 Å². The second-order valence-electron chi connectivity index (χ2n) is 7.01. The van der Waals surface area contributed by atoms with Crippen molar-refractivity contribution in [3.8, 4) is 5.69 Å². The van der Waals surface area contributed by atoms with Crippen LogP contribution in [0.1, 0.15) is 44.5 Å². The molecule has 0 atom stereocenters. The smallest absolute Gasteiger partial charge is 0.416 e. The lowest BCUT2D eigenvalue weighted by Gasteiger charge is -2.08. The zero-order chi connectivity index (χ0) is 24.3. The van der Waals surface area contributed by atoms with Crippen LogP contribution >= 0.6 is 0 Å². The molecule has 1 amide bonds. The van der Waals surface area contributed by atoms with Gasteiger partial charge < -0.3 is 4.74 Å². The average molecular weight is 460 g/mol. The Morgan fingerprint density at radius 3 is 2.33 bits per heavy atom. The van der Waals surface area contributed by atoms with Crippen LogP contribution < -0.4 is 11.0 Å². The first-order valence-electron chi connectivity index (χ1n) is 9.55. The molecule has 1 heterocycles. The number of ether oxygens (including phenoxy) is 1. The number of esters is 1. The SMILES string of the molecule is COC(=O)c1ccc(C(=O)NN=C(C)c2c(C)[nH]n(-c3cccc(C(F)(F)F)c3)c2=O)cc1. The van der Waals surface area contributed by atoms with Crippen LogP contribution in [-0.2, 0) is 10.9 Å². The molecule has 0 radical (unpaired) electrons. The predicted molar refractivity (Wildman–Crippen MR) is 114 cm³/mol. The molecule has 1 aromatic heterocycles. The van der Waals surface area contributed by atoms with Crippen LogP contribution in [0, 0.1) is 6.92 Å². The van der Waals surface area contributed by atoms with Crippen LogP contribution in [0.2, 0.25) is 0 Å². The Morgan fingerprint density at radius 2 is 1.73 bits per heavy atom. The first-order valence-corrected chi connectivity index (χ1v) is 9.55. The lowest BCUT2D eigenvalue weighted by molar-refractivity contribution is -0.137. The van der Waals surface area contributed by atoms with Crippen molar-refractivity contribution in [2.24, 2.45) is 5.10 Å². The summed E-state index contributed by atoms with van der Waals surface area (Å²) < 4.78 is 44.6. The number of carbonyl (C=O) groups is 2. The maximum atomic E-state index is 13.0. The van der Waals surface area contributed by atoms with Gasteiger partial charge in [-0.15, -0.1) is 0 Å². The summed E-state index contributed by atoms with van der Waals surface area (Å²) in [4.78, 5) is 36.6. The minimum Gasteiger partial charge on any atom is -0.465 e. The topological polar surface area (TPSA) is 106 Å². The fourth-order valence-corrected chi connectivity index (χ4v) is 3.11. The fraction of sp³-hybridized carbons (Fsp3) is 0.182. The number of carbonyl (C=O) groups excluding carboxylic acids is 2. The van der Waals surface area contributed by atoms with Crippen molar-refractivity contribution < 1.29 is 27.5 Å². The Labute approximate surface area is 185 Å². The van der Waals surface area contributed by atoms with Gasteiger partial charge >= 0.3 is 12.1 Å². The minimum atomic E-state index is -4.55. The van der Waals surface area contributed by atoms with Crippen molar-refractivity contribution in [1.82, 2.24) is 15.2 Å². The summed E-state index contributed by atoms with van der Waals surface area (Å²) >= 11 is 0. The molecule has 0 aliphatic carbocycles. The van der Waals surface area contributed by atoms with Gasteiger partial charge in [-0.1, -0.05) is 6.07 Å². The summed E-state index contributed by atoms with van der Waals surface area (Å²) in [7, 11) is 1.24. The number of aromatic nitrogens is 2. The molecule has 0 bridgehead atoms. The van der Waals surface area contributed by atoms with Gasteiger partial charge in [0, 0.05) is 11.3 Å². The molecule has 0 unspecified atom stereocenters. The van der Waals surface area contributed by atoms with Crippen LogP contribution in [0.5, 0.6) is 0 Å². The molecule has 3 rings (SSSR count). The molecule has 8 nitrogen and oxygen atoms in total. The number of aryl methyl sites for hydroxylation is 1. The Hall–Kier alpha value is -4.15. The van der Waals surface area contributed by atoms with Crippen molar-refractivity contribution in [2.75, 3.05) is 7.11 Å². The number of rotatable bonds is 5. The van der Waals surface area contributed by atoms with E-state index in [1.54, 1.807) is 6.92 Å². The van der Waals surface area contributed by atoms with E-state index in [-0.39, 0.29) is 28.1 Å². The number of hydrogen-bond acceptors (Lipinski definition) is 5. The molecule has 172 valence electrons. The van der Waals surface area contributed by atoms with Gasteiger partial charge in [-0.05, 0) is 56.3 Å². The fourth-order valence-electron chi connectivity index (χ4n) is 3.11. The molecule has 0 aliphatic heterocycles. The van der Waals surface area contributed by atoms with Gasteiger partial charge in [-0.2, -0.15) is 18.3 Å². The molecular weight excluding hydrogens is 441 g/mol. The third-order valence-electron chi connectivity index (χ3n) is 4.76. The largest absolute Gasteiger partial charge is 0.465 e. The molecule has 0 fully saturated rings. The van der Waals surface area contributed by atoms with Gasteiger partial charge in [-0.25, -0.2) is 14.9 Å². The highest BCUT2D eigenvalue weighted by Crippen LogP contribution is 2.30. The zero-order valence-corrected chi connectivity index (χ0v) is 17.8. The molecule has 0 aliphatic rings. The summed E-state index contributed by atoms with van der Waals surface area (Å²) in [6.45, 7) is 3.04. The number of nitrogens with zero attached hydrogens (tertiary/aromatic N) is 2. The van der Waals surface area contributed by atoms with Crippen LogP contribution in [0.15, 0.2) is 58.4 Å². The summed E-state index contributed by atoms with van der Waals surface area (Å²) in [6, 6.07) is 9.99. The maximum absolute atomic E-state index is 13.0. The summed E-state index contributed by atoms with van der Waals surface area (Å²) in [6.07, 6.45) is -4.55. The second-order valence-corrected chi connectivity index (χ2v) is 7.01. The normalized spacial score (nSPS) is 11.9. The number of methoxy groups -OCH3 is 1. The van der Waals surface area contributed by atoms with E-state index in [0.29, 0.717) is 5.69 Å². The number of benzene rings is 2. The van der Waals surface area contributed by atoms with E-state index in [0.717, 1.165) is 16.8 Å². The number of alkyl halides is 3. The number of aromatic amines is 1. The summed E-state index contributed by atoms with van der Waals surface area (Å²) in [5.74, 6) is -1.13. The highest BCUT2D eigenvalue weighted by atomic mass is 19.4. The molecule has 11 heteroatoms. The number of amides is 1. The van der Waals surface area contributed by atoms with E-state index < -0.39 is 29.2 Å². The van der Waals surface area contributed by atoms with Crippen molar-refractivity contribution in [3.05, 3.63) is 86.8 Å². The van der Waals surface area contributed by atoms with E-state index in [1.165, 1.54) is 50.4 Å². The van der Waals surface area contributed by atoms with E-state index in [1.807, 2.05) is 0 Å². The third-order valence-corrected chi connectivity index (χ3v) is 4.76. The van der Waals surface area contributed by atoms with Gasteiger partial charge in [0.05, 0.1) is 35.2 Å². The lowest BCUT2D eigenvalue weighted by atomic mass is 10.1. The Kier molecular flexibility index (Phi) is 6.52. The third kappa shape index (κ3) is 5.03. The highest BCUT2D eigenvalue weighted by Gasteiger charge is 2.30.